The Labute approximate surface area is 96.4 Å². The van der Waals surface area contributed by atoms with Gasteiger partial charge in [0.1, 0.15) is 5.75 Å². The Balaban J connectivity index is 2.54. The summed E-state index contributed by atoms with van der Waals surface area (Å²) >= 11 is 0. The smallest absolute Gasteiger partial charge is 0.115 e. The van der Waals surface area contributed by atoms with Crippen molar-refractivity contribution in [2.45, 2.75) is 45.3 Å². The van der Waals surface area contributed by atoms with E-state index in [0.717, 1.165) is 11.1 Å². The van der Waals surface area contributed by atoms with Gasteiger partial charge < -0.3 is 15.3 Å². The lowest BCUT2D eigenvalue weighted by Gasteiger charge is -2.16. The van der Waals surface area contributed by atoms with E-state index in [1.54, 1.807) is 12.1 Å². The molecule has 0 aliphatic carbocycles. The largest absolute Gasteiger partial charge is 0.508 e. The van der Waals surface area contributed by atoms with Crippen LogP contribution in [0, 0.1) is 6.92 Å². The number of phenols is 1. The highest BCUT2D eigenvalue weighted by Gasteiger charge is 2.14. The molecular weight excluding hydrogens is 204 g/mol. The first-order chi connectivity index (χ1) is 7.54. The van der Waals surface area contributed by atoms with Crippen LogP contribution in [-0.2, 0) is 6.42 Å². The molecule has 3 nitrogen and oxygen atoms in total. The summed E-state index contributed by atoms with van der Waals surface area (Å²) in [5, 5.41) is 28.3. The summed E-state index contributed by atoms with van der Waals surface area (Å²) in [5.74, 6) is 0.260. The van der Waals surface area contributed by atoms with E-state index in [1.165, 1.54) is 0 Å². The fourth-order valence-electron chi connectivity index (χ4n) is 1.73. The molecule has 0 spiro atoms. The minimum atomic E-state index is -0.668. The third-order valence-electron chi connectivity index (χ3n) is 2.90. The first kappa shape index (κ1) is 13.0. The monoisotopic (exact) mass is 224 g/mol. The Kier molecular flexibility index (Phi) is 4.77. The van der Waals surface area contributed by atoms with Crippen molar-refractivity contribution in [3.05, 3.63) is 29.3 Å². The number of phenolic OH excluding ortho intramolecular Hbond substituents is 1. The van der Waals surface area contributed by atoms with E-state index < -0.39 is 12.2 Å². The van der Waals surface area contributed by atoms with Crippen LogP contribution in [-0.4, -0.2) is 27.5 Å². The fourth-order valence-corrected chi connectivity index (χ4v) is 1.73. The van der Waals surface area contributed by atoms with Crippen molar-refractivity contribution in [2.24, 2.45) is 0 Å². The van der Waals surface area contributed by atoms with E-state index in [2.05, 4.69) is 0 Å². The van der Waals surface area contributed by atoms with Crippen LogP contribution in [0.4, 0.5) is 0 Å². The predicted octanol–water partition coefficient (Wildman–Crippen LogP) is 1.77. The summed E-state index contributed by atoms with van der Waals surface area (Å²) in [6.07, 6.45) is 0.511. The molecule has 0 radical (unpaired) electrons. The Morgan fingerprint density at radius 3 is 2.44 bits per heavy atom. The van der Waals surface area contributed by atoms with Crippen molar-refractivity contribution in [1.29, 1.82) is 0 Å². The average Bonchev–Trinajstić information content (AvgIpc) is 2.26. The molecule has 0 aromatic heterocycles. The van der Waals surface area contributed by atoms with E-state index in [4.69, 9.17) is 0 Å². The molecule has 0 saturated heterocycles. The molecule has 2 atom stereocenters. The van der Waals surface area contributed by atoms with Gasteiger partial charge in [0.05, 0.1) is 12.2 Å². The molecule has 16 heavy (non-hydrogen) atoms. The zero-order chi connectivity index (χ0) is 12.1. The Morgan fingerprint density at radius 1 is 1.19 bits per heavy atom. The lowest BCUT2D eigenvalue weighted by molar-refractivity contribution is 0.0130. The standard InChI is InChI=1S/C13H20O3/c1-3-12(15)13(16)7-5-10-4-6-11(14)8-9(10)2/h4,6,8,12-16H,3,5,7H2,1-2H3. The quantitative estimate of drug-likeness (QED) is 0.714. The molecule has 1 aromatic carbocycles. The van der Waals surface area contributed by atoms with Crippen LogP contribution in [0.5, 0.6) is 5.75 Å². The second-order valence-corrected chi connectivity index (χ2v) is 4.19. The van der Waals surface area contributed by atoms with Crippen LogP contribution in [0.25, 0.3) is 0 Å². The lowest BCUT2D eigenvalue weighted by Crippen LogP contribution is -2.25. The van der Waals surface area contributed by atoms with E-state index in [-0.39, 0.29) is 5.75 Å². The second-order valence-electron chi connectivity index (χ2n) is 4.19. The van der Waals surface area contributed by atoms with Crippen molar-refractivity contribution >= 4 is 0 Å². The Hall–Kier alpha value is -1.06. The van der Waals surface area contributed by atoms with Crippen LogP contribution >= 0.6 is 0 Å². The molecule has 3 heteroatoms. The number of aliphatic hydroxyl groups excluding tert-OH is 2. The molecule has 0 heterocycles. The van der Waals surface area contributed by atoms with Gasteiger partial charge in [-0.05, 0) is 49.4 Å². The number of rotatable bonds is 5. The molecule has 0 bridgehead atoms. The van der Waals surface area contributed by atoms with E-state index in [0.29, 0.717) is 19.3 Å². The van der Waals surface area contributed by atoms with Crippen LogP contribution < -0.4 is 0 Å². The summed E-state index contributed by atoms with van der Waals surface area (Å²) in [5.41, 5.74) is 2.11. The van der Waals surface area contributed by atoms with Gasteiger partial charge in [-0.15, -0.1) is 0 Å². The number of hydrogen-bond donors (Lipinski definition) is 3. The van der Waals surface area contributed by atoms with Crippen molar-refractivity contribution < 1.29 is 15.3 Å². The highest BCUT2D eigenvalue weighted by Crippen LogP contribution is 2.18. The normalized spacial score (nSPS) is 14.8. The number of benzene rings is 1. The average molecular weight is 224 g/mol. The Morgan fingerprint density at radius 2 is 1.88 bits per heavy atom. The minimum Gasteiger partial charge on any atom is -0.508 e. The van der Waals surface area contributed by atoms with Gasteiger partial charge in [-0.25, -0.2) is 0 Å². The second kappa shape index (κ2) is 5.87. The molecule has 0 aliphatic heterocycles. The van der Waals surface area contributed by atoms with Gasteiger partial charge in [-0.3, -0.25) is 0 Å². The molecule has 1 aromatic rings. The summed E-state index contributed by atoms with van der Waals surface area (Å²) in [7, 11) is 0. The first-order valence-electron chi connectivity index (χ1n) is 5.69. The molecule has 1 rings (SSSR count). The van der Waals surface area contributed by atoms with Crippen LogP contribution in [0.1, 0.15) is 30.9 Å². The van der Waals surface area contributed by atoms with E-state index >= 15 is 0 Å². The number of aromatic hydroxyl groups is 1. The zero-order valence-electron chi connectivity index (χ0n) is 9.85. The number of aliphatic hydroxyl groups is 2. The first-order valence-corrected chi connectivity index (χ1v) is 5.69. The predicted molar refractivity (Wildman–Crippen MR) is 63.5 cm³/mol. The molecule has 2 unspecified atom stereocenters. The molecule has 0 aliphatic rings. The molecule has 90 valence electrons. The topological polar surface area (TPSA) is 60.7 Å². The Bertz CT molecular complexity index is 336. The van der Waals surface area contributed by atoms with Gasteiger partial charge in [0.15, 0.2) is 0 Å². The van der Waals surface area contributed by atoms with Gasteiger partial charge in [0.25, 0.3) is 0 Å². The van der Waals surface area contributed by atoms with Crippen molar-refractivity contribution in [2.75, 3.05) is 0 Å². The van der Waals surface area contributed by atoms with Crippen LogP contribution in [0.15, 0.2) is 18.2 Å². The van der Waals surface area contributed by atoms with Crippen molar-refractivity contribution in [1.82, 2.24) is 0 Å². The maximum Gasteiger partial charge on any atom is 0.115 e. The summed E-state index contributed by atoms with van der Waals surface area (Å²) in [4.78, 5) is 0. The molecule has 0 amide bonds. The number of hydrogen-bond acceptors (Lipinski definition) is 3. The van der Waals surface area contributed by atoms with E-state index in [1.807, 2.05) is 19.9 Å². The summed E-state index contributed by atoms with van der Waals surface area (Å²) < 4.78 is 0. The van der Waals surface area contributed by atoms with Gasteiger partial charge in [-0.1, -0.05) is 13.0 Å². The third kappa shape index (κ3) is 3.51. The van der Waals surface area contributed by atoms with Gasteiger partial charge in [0.2, 0.25) is 0 Å². The highest BCUT2D eigenvalue weighted by molar-refractivity contribution is 5.33. The summed E-state index contributed by atoms with van der Waals surface area (Å²) in [6, 6.07) is 5.21. The van der Waals surface area contributed by atoms with Crippen LogP contribution in [0.2, 0.25) is 0 Å². The highest BCUT2D eigenvalue weighted by atomic mass is 16.3. The zero-order valence-corrected chi connectivity index (χ0v) is 9.85. The minimum absolute atomic E-state index is 0.260. The lowest BCUT2D eigenvalue weighted by atomic mass is 9.99. The fraction of sp³-hybridized carbons (Fsp3) is 0.538. The van der Waals surface area contributed by atoms with Crippen molar-refractivity contribution in [3.63, 3.8) is 0 Å². The SMILES string of the molecule is CCC(O)C(O)CCc1ccc(O)cc1C. The van der Waals surface area contributed by atoms with Gasteiger partial charge in [0, 0.05) is 0 Å². The third-order valence-corrected chi connectivity index (χ3v) is 2.90. The molecule has 3 N–H and O–H groups in total. The summed E-state index contributed by atoms with van der Waals surface area (Å²) in [6.45, 7) is 3.78. The molecule has 0 saturated carbocycles. The molecular formula is C13H20O3. The van der Waals surface area contributed by atoms with E-state index in [9.17, 15) is 15.3 Å². The molecule has 0 fully saturated rings. The number of aryl methyl sites for hydroxylation is 2. The maximum atomic E-state index is 9.63. The van der Waals surface area contributed by atoms with Gasteiger partial charge >= 0.3 is 0 Å². The van der Waals surface area contributed by atoms with Crippen molar-refractivity contribution in [3.8, 4) is 5.75 Å². The van der Waals surface area contributed by atoms with Crippen LogP contribution in [0.3, 0.4) is 0 Å². The maximum absolute atomic E-state index is 9.63. The van der Waals surface area contributed by atoms with Gasteiger partial charge in [-0.2, -0.15) is 0 Å².